The average molecular weight is 249 g/mol. The van der Waals surface area contributed by atoms with E-state index >= 15 is 0 Å². The molecule has 0 atom stereocenters. The molecule has 0 N–H and O–H groups in total. The van der Waals surface area contributed by atoms with Crippen molar-refractivity contribution in [3.63, 3.8) is 0 Å². The molecule has 2 nitrogen and oxygen atoms in total. The SMILES string of the molecule is CCCc1nc2ccccc2n1C/C=C/CCl. The lowest BCUT2D eigenvalue weighted by atomic mass is 10.3. The number of halogens is 1. The number of nitrogens with zero attached hydrogens (tertiary/aromatic N) is 2. The number of aryl methyl sites for hydroxylation is 1. The standard InChI is InChI=1S/C14H17ClN2/c1-2-7-14-16-12-8-3-4-9-13(12)17(14)11-6-5-10-15/h3-6,8-9H,2,7,10-11H2,1H3/b6-5+. The smallest absolute Gasteiger partial charge is 0.110 e. The summed E-state index contributed by atoms with van der Waals surface area (Å²) in [7, 11) is 0. The number of hydrogen-bond acceptors (Lipinski definition) is 1. The van der Waals surface area contributed by atoms with Crippen LogP contribution in [0.5, 0.6) is 0 Å². The van der Waals surface area contributed by atoms with E-state index in [2.05, 4.69) is 40.7 Å². The minimum Gasteiger partial charge on any atom is -0.324 e. The summed E-state index contributed by atoms with van der Waals surface area (Å²) in [4.78, 5) is 4.68. The Kier molecular flexibility index (Phi) is 4.21. The fraction of sp³-hybridized carbons (Fsp3) is 0.357. The van der Waals surface area contributed by atoms with Gasteiger partial charge in [-0.25, -0.2) is 4.98 Å². The summed E-state index contributed by atoms with van der Waals surface area (Å²) in [6, 6.07) is 8.28. The Balaban J connectivity index is 2.40. The van der Waals surface area contributed by atoms with Crippen LogP contribution in [0, 0.1) is 0 Å². The van der Waals surface area contributed by atoms with Crippen molar-refractivity contribution in [2.45, 2.75) is 26.3 Å². The molecule has 1 aromatic carbocycles. The molecule has 1 heterocycles. The van der Waals surface area contributed by atoms with E-state index < -0.39 is 0 Å². The third-order valence-electron chi connectivity index (χ3n) is 2.75. The molecule has 90 valence electrons. The van der Waals surface area contributed by atoms with Crippen molar-refractivity contribution in [2.24, 2.45) is 0 Å². The van der Waals surface area contributed by atoms with Crippen molar-refractivity contribution in [2.75, 3.05) is 5.88 Å². The number of imidazole rings is 1. The highest BCUT2D eigenvalue weighted by Gasteiger charge is 2.07. The lowest BCUT2D eigenvalue weighted by molar-refractivity contribution is 0.732. The highest BCUT2D eigenvalue weighted by atomic mass is 35.5. The summed E-state index contributed by atoms with van der Waals surface area (Å²) >= 11 is 5.65. The molecule has 0 bridgehead atoms. The van der Waals surface area contributed by atoms with E-state index in [0.29, 0.717) is 5.88 Å². The van der Waals surface area contributed by atoms with Crippen molar-refractivity contribution < 1.29 is 0 Å². The third-order valence-corrected chi connectivity index (χ3v) is 2.93. The first-order valence-corrected chi connectivity index (χ1v) is 6.55. The van der Waals surface area contributed by atoms with E-state index in [-0.39, 0.29) is 0 Å². The minimum atomic E-state index is 0.565. The van der Waals surface area contributed by atoms with Crippen molar-refractivity contribution >= 4 is 22.6 Å². The zero-order valence-corrected chi connectivity index (χ0v) is 10.8. The normalized spacial score (nSPS) is 11.6. The van der Waals surface area contributed by atoms with Gasteiger partial charge in [0.1, 0.15) is 5.82 Å². The fourth-order valence-corrected chi connectivity index (χ4v) is 2.11. The van der Waals surface area contributed by atoms with E-state index in [1.54, 1.807) is 0 Å². The Hall–Kier alpha value is -1.28. The molecule has 0 aliphatic carbocycles. The van der Waals surface area contributed by atoms with Gasteiger partial charge in [-0.1, -0.05) is 31.2 Å². The molecule has 2 rings (SSSR count). The molecule has 0 amide bonds. The van der Waals surface area contributed by atoms with E-state index in [4.69, 9.17) is 11.6 Å². The zero-order valence-electron chi connectivity index (χ0n) is 10.1. The molecular weight excluding hydrogens is 232 g/mol. The number of allylic oxidation sites excluding steroid dienone is 2. The first kappa shape index (κ1) is 12.2. The zero-order chi connectivity index (χ0) is 12.1. The fourth-order valence-electron chi connectivity index (χ4n) is 1.99. The predicted octanol–water partition coefficient (Wildman–Crippen LogP) is 3.78. The van der Waals surface area contributed by atoms with Crippen LogP contribution in [-0.2, 0) is 13.0 Å². The number of rotatable bonds is 5. The Morgan fingerprint density at radius 2 is 2.12 bits per heavy atom. The van der Waals surface area contributed by atoms with Gasteiger partial charge in [-0.15, -0.1) is 11.6 Å². The summed E-state index contributed by atoms with van der Waals surface area (Å²) in [6.45, 7) is 3.03. The highest BCUT2D eigenvalue weighted by Crippen LogP contribution is 2.17. The van der Waals surface area contributed by atoms with Gasteiger partial charge in [0, 0.05) is 18.8 Å². The minimum absolute atomic E-state index is 0.565. The van der Waals surface area contributed by atoms with Crippen LogP contribution in [0.2, 0.25) is 0 Å². The average Bonchev–Trinajstić information content (AvgIpc) is 2.69. The Labute approximate surface area is 107 Å². The summed E-state index contributed by atoms with van der Waals surface area (Å²) in [5, 5.41) is 0. The van der Waals surface area contributed by atoms with Crippen molar-refractivity contribution in [1.29, 1.82) is 0 Å². The predicted molar refractivity (Wildman–Crippen MR) is 73.6 cm³/mol. The maximum atomic E-state index is 5.65. The molecule has 0 radical (unpaired) electrons. The number of fused-ring (bicyclic) bond motifs is 1. The largest absolute Gasteiger partial charge is 0.324 e. The molecule has 0 fully saturated rings. The third kappa shape index (κ3) is 2.70. The molecule has 2 aromatic rings. The van der Waals surface area contributed by atoms with Gasteiger partial charge < -0.3 is 4.57 Å². The number of aromatic nitrogens is 2. The second-order valence-corrected chi connectivity index (χ2v) is 4.31. The molecule has 1 aromatic heterocycles. The van der Waals surface area contributed by atoms with Crippen LogP contribution < -0.4 is 0 Å². The van der Waals surface area contributed by atoms with Gasteiger partial charge in [0.2, 0.25) is 0 Å². The monoisotopic (exact) mass is 248 g/mol. The molecule has 0 saturated carbocycles. The molecule has 0 aliphatic rings. The van der Waals surface area contributed by atoms with Gasteiger partial charge >= 0.3 is 0 Å². The van der Waals surface area contributed by atoms with Crippen LogP contribution >= 0.6 is 11.6 Å². The van der Waals surface area contributed by atoms with Gasteiger partial charge in [0.15, 0.2) is 0 Å². The van der Waals surface area contributed by atoms with Gasteiger partial charge in [-0.3, -0.25) is 0 Å². The second kappa shape index (κ2) is 5.87. The Bertz CT molecular complexity index is 514. The van der Waals surface area contributed by atoms with Crippen molar-refractivity contribution in [3.8, 4) is 0 Å². The first-order chi connectivity index (χ1) is 8.36. The summed E-state index contributed by atoms with van der Waals surface area (Å²) in [5.41, 5.74) is 2.28. The van der Waals surface area contributed by atoms with Crippen LogP contribution in [0.4, 0.5) is 0 Å². The van der Waals surface area contributed by atoms with Gasteiger partial charge in [-0.05, 0) is 18.6 Å². The van der Waals surface area contributed by atoms with Gasteiger partial charge in [0.25, 0.3) is 0 Å². The van der Waals surface area contributed by atoms with E-state index in [1.807, 2.05) is 12.1 Å². The first-order valence-electron chi connectivity index (χ1n) is 6.02. The molecule has 0 spiro atoms. The lowest BCUT2D eigenvalue weighted by Crippen LogP contribution is -2.02. The van der Waals surface area contributed by atoms with E-state index in [9.17, 15) is 0 Å². The van der Waals surface area contributed by atoms with Crippen molar-refractivity contribution in [3.05, 3.63) is 42.2 Å². The molecule has 3 heteroatoms. The Morgan fingerprint density at radius 3 is 2.88 bits per heavy atom. The molecule has 17 heavy (non-hydrogen) atoms. The number of benzene rings is 1. The Morgan fingerprint density at radius 1 is 1.29 bits per heavy atom. The topological polar surface area (TPSA) is 17.8 Å². The maximum Gasteiger partial charge on any atom is 0.110 e. The molecule has 0 unspecified atom stereocenters. The van der Waals surface area contributed by atoms with Crippen LogP contribution in [0.15, 0.2) is 36.4 Å². The second-order valence-electron chi connectivity index (χ2n) is 4.00. The summed E-state index contributed by atoms with van der Waals surface area (Å²) in [6.07, 6.45) is 6.21. The van der Waals surface area contributed by atoms with Gasteiger partial charge in [0.05, 0.1) is 11.0 Å². The van der Waals surface area contributed by atoms with Crippen LogP contribution in [-0.4, -0.2) is 15.4 Å². The van der Waals surface area contributed by atoms with Crippen LogP contribution in [0.25, 0.3) is 11.0 Å². The number of para-hydroxylation sites is 2. The molecule has 0 saturated heterocycles. The van der Waals surface area contributed by atoms with E-state index in [0.717, 1.165) is 30.7 Å². The maximum absolute atomic E-state index is 5.65. The molecular formula is C14H17ClN2. The highest BCUT2D eigenvalue weighted by molar-refractivity contribution is 6.18. The summed E-state index contributed by atoms with van der Waals surface area (Å²) in [5.74, 6) is 1.73. The number of alkyl halides is 1. The van der Waals surface area contributed by atoms with Crippen LogP contribution in [0.3, 0.4) is 0 Å². The van der Waals surface area contributed by atoms with Gasteiger partial charge in [-0.2, -0.15) is 0 Å². The molecule has 0 aliphatic heterocycles. The lowest BCUT2D eigenvalue weighted by Gasteiger charge is -2.05. The summed E-state index contributed by atoms with van der Waals surface area (Å²) < 4.78 is 2.27. The van der Waals surface area contributed by atoms with Crippen molar-refractivity contribution in [1.82, 2.24) is 9.55 Å². The van der Waals surface area contributed by atoms with Crippen LogP contribution in [0.1, 0.15) is 19.2 Å². The quantitative estimate of drug-likeness (QED) is 0.582. The van der Waals surface area contributed by atoms with E-state index in [1.165, 1.54) is 5.52 Å². The number of hydrogen-bond donors (Lipinski definition) is 0.